The zero-order valence-electron chi connectivity index (χ0n) is 11.7. The predicted molar refractivity (Wildman–Crippen MR) is 76.0 cm³/mol. The highest BCUT2D eigenvalue weighted by atomic mass is 32.2. The van der Waals surface area contributed by atoms with Crippen LogP contribution in [0.5, 0.6) is 0 Å². The average Bonchev–Trinajstić information content (AvgIpc) is 2.46. The van der Waals surface area contributed by atoms with Gasteiger partial charge in [-0.05, 0) is 13.0 Å². The van der Waals surface area contributed by atoms with Crippen molar-refractivity contribution >= 4 is 21.8 Å². The number of carboxylic acid groups (broad SMARTS) is 1. The lowest BCUT2D eigenvalue weighted by Crippen LogP contribution is -2.55. The topological polar surface area (TPSA) is 121 Å². The lowest BCUT2D eigenvalue weighted by atomic mass is 10.2. The molecule has 0 saturated carbocycles. The van der Waals surface area contributed by atoms with E-state index in [1.165, 1.54) is 18.2 Å². The molecule has 1 heterocycles. The summed E-state index contributed by atoms with van der Waals surface area (Å²) >= 11 is 0. The van der Waals surface area contributed by atoms with Crippen LogP contribution < -0.4 is 0 Å². The van der Waals surface area contributed by atoms with Crippen LogP contribution in [0.15, 0.2) is 29.2 Å². The molecule has 0 radical (unpaired) electrons. The molecule has 0 unspecified atom stereocenters. The number of benzene rings is 1. The summed E-state index contributed by atoms with van der Waals surface area (Å²) in [4.78, 5) is 22.0. The SMILES string of the molecule is C[C@@H]1CN(S(=O)(=O)c2ccccc2[N+](=O)[O-])CCN1C(=O)O. The molecule has 9 nitrogen and oxygen atoms in total. The molecule has 10 heteroatoms. The minimum absolute atomic E-state index is 0.0242. The van der Waals surface area contributed by atoms with Crippen LogP contribution in [0.4, 0.5) is 10.5 Å². The molecule has 1 aliphatic heterocycles. The fraction of sp³-hybridized carbons (Fsp3) is 0.417. The first-order valence-corrected chi connectivity index (χ1v) is 7.92. The van der Waals surface area contributed by atoms with Gasteiger partial charge in [0.15, 0.2) is 4.90 Å². The Morgan fingerprint density at radius 3 is 2.55 bits per heavy atom. The molecule has 1 aliphatic rings. The molecular formula is C12H15N3O6S. The van der Waals surface area contributed by atoms with Crippen LogP contribution in [0.1, 0.15) is 6.92 Å². The molecule has 1 atom stereocenters. The molecule has 0 aliphatic carbocycles. The number of carbonyl (C=O) groups is 1. The van der Waals surface area contributed by atoms with Crippen LogP contribution in [0.25, 0.3) is 0 Å². The first kappa shape index (κ1) is 16.2. The van der Waals surface area contributed by atoms with E-state index in [1.54, 1.807) is 6.92 Å². The van der Waals surface area contributed by atoms with Gasteiger partial charge in [-0.15, -0.1) is 0 Å². The highest BCUT2D eigenvalue weighted by molar-refractivity contribution is 7.89. The van der Waals surface area contributed by atoms with Gasteiger partial charge in [0.25, 0.3) is 5.69 Å². The number of hydrogen-bond acceptors (Lipinski definition) is 5. The number of nitro groups is 1. The van der Waals surface area contributed by atoms with Crippen LogP contribution in [0.2, 0.25) is 0 Å². The summed E-state index contributed by atoms with van der Waals surface area (Å²) in [6.45, 7) is 1.54. The van der Waals surface area contributed by atoms with Gasteiger partial charge >= 0.3 is 6.09 Å². The van der Waals surface area contributed by atoms with Crippen LogP contribution >= 0.6 is 0 Å². The molecular weight excluding hydrogens is 314 g/mol. The Morgan fingerprint density at radius 1 is 1.36 bits per heavy atom. The number of amides is 1. The van der Waals surface area contributed by atoms with E-state index in [0.717, 1.165) is 15.3 Å². The standard InChI is InChI=1S/C12H15N3O6S/c1-9-8-13(6-7-14(9)12(16)17)22(20,21)11-5-3-2-4-10(11)15(18)19/h2-5,9H,6-8H2,1H3,(H,16,17)/t9-/m1/s1. The van der Waals surface area contributed by atoms with Crippen molar-refractivity contribution in [2.45, 2.75) is 17.9 Å². The summed E-state index contributed by atoms with van der Waals surface area (Å²) in [5.74, 6) is 0. The molecule has 22 heavy (non-hydrogen) atoms. The van der Waals surface area contributed by atoms with Crippen molar-refractivity contribution in [3.63, 3.8) is 0 Å². The Balaban J connectivity index is 2.33. The molecule has 120 valence electrons. The molecule has 1 aromatic carbocycles. The van der Waals surface area contributed by atoms with Gasteiger partial charge in [-0.3, -0.25) is 10.1 Å². The van der Waals surface area contributed by atoms with Gasteiger partial charge in [-0.2, -0.15) is 4.31 Å². The number of rotatable bonds is 3. The van der Waals surface area contributed by atoms with Crippen LogP contribution in [0, 0.1) is 10.1 Å². The van der Waals surface area contributed by atoms with Crippen LogP contribution in [0.3, 0.4) is 0 Å². The average molecular weight is 329 g/mol. The van der Waals surface area contributed by atoms with E-state index in [2.05, 4.69) is 0 Å². The highest BCUT2D eigenvalue weighted by Gasteiger charge is 2.37. The van der Waals surface area contributed by atoms with Gasteiger partial charge in [0.2, 0.25) is 10.0 Å². The highest BCUT2D eigenvalue weighted by Crippen LogP contribution is 2.27. The number of hydrogen-bond donors (Lipinski definition) is 1. The predicted octanol–water partition coefficient (Wildman–Crippen LogP) is 0.968. The molecule has 1 fully saturated rings. The van der Waals surface area contributed by atoms with Gasteiger partial charge < -0.3 is 10.0 Å². The zero-order valence-corrected chi connectivity index (χ0v) is 12.6. The maximum absolute atomic E-state index is 12.6. The molecule has 1 aromatic rings. The summed E-state index contributed by atoms with van der Waals surface area (Å²) in [7, 11) is -4.05. The van der Waals surface area contributed by atoms with E-state index in [4.69, 9.17) is 5.11 Å². The van der Waals surface area contributed by atoms with Gasteiger partial charge in [-0.25, -0.2) is 13.2 Å². The minimum atomic E-state index is -4.05. The van der Waals surface area contributed by atoms with Gasteiger partial charge in [0.1, 0.15) is 0 Å². The Kier molecular flexibility index (Phi) is 4.33. The number of nitrogens with zero attached hydrogens (tertiary/aromatic N) is 3. The van der Waals surface area contributed by atoms with E-state index in [0.29, 0.717) is 0 Å². The Bertz CT molecular complexity index is 705. The van der Waals surface area contributed by atoms with E-state index in [1.807, 2.05) is 0 Å². The molecule has 2 rings (SSSR count). The fourth-order valence-electron chi connectivity index (χ4n) is 2.39. The molecule has 0 spiro atoms. The molecule has 0 aromatic heterocycles. The second-order valence-electron chi connectivity index (χ2n) is 4.91. The lowest BCUT2D eigenvalue weighted by molar-refractivity contribution is -0.387. The Labute approximate surface area is 127 Å². The van der Waals surface area contributed by atoms with Crippen molar-refractivity contribution in [3.8, 4) is 0 Å². The third-order valence-corrected chi connectivity index (χ3v) is 5.43. The first-order chi connectivity index (χ1) is 10.2. The third-order valence-electron chi connectivity index (χ3n) is 3.52. The van der Waals surface area contributed by atoms with Crippen molar-refractivity contribution in [1.29, 1.82) is 0 Å². The smallest absolute Gasteiger partial charge is 0.407 e. The second kappa shape index (κ2) is 5.89. The van der Waals surface area contributed by atoms with Gasteiger partial charge in [0.05, 0.1) is 4.92 Å². The summed E-state index contributed by atoms with van der Waals surface area (Å²) < 4.78 is 26.3. The summed E-state index contributed by atoms with van der Waals surface area (Å²) in [5.41, 5.74) is -0.490. The second-order valence-corrected chi connectivity index (χ2v) is 6.82. The van der Waals surface area contributed by atoms with E-state index >= 15 is 0 Å². The largest absolute Gasteiger partial charge is 0.465 e. The van der Waals surface area contributed by atoms with E-state index in [9.17, 15) is 23.3 Å². The maximum atomic E-state index is 12.6. The number of para-hydroxylation sites is 1. The number of piperazine rings is 1. The van der Waals surface area contributed by atoms with Gasteiger partial charge in [-0.1, -0.05) is 12.1 Å². The van der Waals surface area contributed by atoms with E-state index < -0.39 is 32.8 Å². The fourth-order valence-corrected chi connectivity index (χ4v) is 4.06. The number of nitro benzene ring substituents is 1. The molecule has 1 amide bonds. The molecule has 1 saturated heterocycles. The van der Waals surface area contributed by atoms with Crippen LogP contribution in [-0.4, -0.2) is 59.4 Å². The van der Waals surface area contributed by atoms with Crippen LogP contribution in [-0.2, 0) is 10.0 Å². The van der Waals surface area contributed by atoms with Crippen molar-refractivity contribution in [2.75, 3.05) is 19.6 Å². The first-order valence-electron chi connectivity index (χ1n) is 6.48. The normalized spacial score (nSPS) is 19.9. The monoisotopic (exact) mass is 329 g/mol. The summed E-state index contributed by atoms with van der Waals surface area (Å²) in [5, 5.41) is 20.0. The zero-order chi connectivity index (χ0) is 16.5. The number of sulfonamides is 1. The quantitative estimate of drug-likeness (QED) is 0.651. The Hall–Kier alpha value is -2.20. The van der Waals surface area contributed by atoms with Gasteiger partial charge in [0, 0.05) is 31.7 Å². The Morgan fingerprint density at radius 2 is 2.00 bits per heavy atom. The molecule has 0 bridgehead atoms. The maximum Gasteiger partial charge on any atom is 0.407 e. The van der Waals surface area contributed by atoms with Crippen molar-refractivity contribution < 1.29 is 23.2 Å². The van der Waals surface area contributed by atoms with Crippen molar-refractivity contribution in [3.05, 3.63) is 34.4 Å². The molecule has 1 N–H and O–H groups in total. The lowest BCUT2D eigenvalue weighted by Gasteiger charge is -2.37. The van der Waals surface area contributed by atoms with E-state index in [-0.39, 0.29) is 24.5 Å². The summed E-state index contributed by atoms with van der Waals surface area (Å²) in [6.07, 6.45) is -1.12. The van der Waals surface area contributed by atoms with Crippen molar-refractivity contribution in [2.24, 2.45) is 0 Å². The third kappa shape index (κ3) is 2.88. The van der Waals surface area contributed by atoms with Crippen molar-refractivity contribution in [1.82, 2.24) is 9.21 Å². The minimum Gasteiger partial charge on any atom is -0.465 e. The summed E-state index contributed by atoms with van der Waals surface area (Å²) in [6, 6.07) is 4.59.